The van der Waals surface area contributed by atoms with Gasteiger partial charge in [-0.2, -0.15) is 13.2 Å². The predicted octanol–water partition coefficient (Wildman–Crippen LogP) is 3.10. The van der Waals surface area contributed by atoms with Crippen LogP contribution in [0.3, 0.4) is 0 Å². The number of alkyl halides is 4. The maximum Gasteiger partial charge on any atom is 0.397 e. The molecule has 0 radical (unpaired) electrons. The van der Waals surface area contributed by atoms with Gasteiger partial charge in [0.2, 0.25) is 0 Å². The van der Waals surface area contributed by atoms with Crippen LogP contribution in [-0.4, -0.2) is 23.4 Å². The van der Waals surface area contributed by atoms with Crippen molar-refractivity contribution in [1.29, 1.82) is 5.41 Å². The van der Waals surface area contributed by atoms with Crippen LogP contribution in [0.1, 0.15) is 6.42 Å². The van der Waals surface area contributed by atoms with Gasteiger partial charge in [-0.1, -0.05) is 24.4 Å². The summed E-state index contributed by atoms with van der Waals surface area (Å²) in [7, 11) is 0. The molecule has 0 heterocycles. The van der Waals surface area contributed by atoms with Crippen molar-refractivity contribution in [3.05, 3.63) is 12.2 Å². The lowest BCUT2D eigenvalue weighted by Crippen LogP contribution is -2.40. The highest BCUT2D eigenvalue weighted by Gasteiger charge is 2.48. The second kappa shape index (κ2) is 4.38. The van der Waals surface area contributed by atoms with Gasteiger partial charge < -0.3 is 5.41 Å². The Labute approximate surface area is 89.7 Å². The standard InChI is InChI=1S/C9H9F4NS/c10-8-5(7(14)4-15)2-1-3-6(8)9(11,12)13/h1,3-6,8,14H,2H2. The highest BCUT2D eigenvalue weighted by Crippen LogP contribution is 2.38. The van der Waals surface area contributed by atoms with Gasteiger partial charge in [0.05, 0.1) is 0 Å². The number of halogens is 4. The first kappa shape index (κ1) is 12.3. The first-order valence-corrected chi connectivity index (χ1v) is 4.76. The molecular formula is C9H9F4NS. The predicted molar refractivity (Wildman–Crippen MR) is 53.1 cm³/mol. The summed E-state index contributed by atoms with van der Waals surface area (Å²) >= 11 is 4.42. The van der Waals surface area contributed by atoms with Crippen molar-refractivity contribution in [1.82, 2.24) is 0 Å². The topological polar surface area (TPSA) is 23.9 Å². The first-order valence-electron chi connectivity index (χ1n) is 4.29. The molecule has 0 spiro atoms. The van der Waals surface area contributed by atoms with Gasteiger partial charge in [-0.05, 0) is 6.42 Å². The van der Waals surface area contributed by atoms with Crippen LogP contribution in [-0.2, 0) is 0 Å². The van der Waals surface area contributed by atoms with E-state index >= 15 is 0 Å². The average molecular weight is 239 g/mol. The lowest BCUT2D eigenvalue weighted by atomic mass is 9.82. The van der Waals surface area contributed by atoms with Gasteiger partial charge >= 0.3 is 6.18 Å². The molecule has 0 aromatic rings. The van der Waals surface area contributed by atoms with E-state index in [1.807, 2.05) is 0 Å². The second-order valence-corrected chi connectivity index (χ2v) is 3.59. The van der Waals surface area contributed by atoms with Crippen LogP contribution in [0.5, 0.6) is 0 Å². The summed E-state index contributed by atoms with van der Waals surface area (Å²) in [5.74, 6) is -3.19. The fraction of sp³-hybridized carbons (Fsp3) is 0.556. The number of hydrogen-bond acceptors (Lipinski definition) is 2. The molecule has 0 fully saturated rings. The average Bonchev–Trinajstić information content (AvgIpc) is 2.15. The molecule has 0 bridgehead atoms. The summed E-state index contributed by atoms with van der Waals surface area (Å²) < 4.78 is 50.5. The van der Waals surface area contributed by atoms with E-state index in [1.54, 1.807) is 0 Å². The third-order valence-corrected chi connectivity index (χ3v) is 2.62. The van der Waals surface area contributed by atoms with Crippen LogP contribution >= 0.6 is 12.2 Å². The van der Waals surface area contributed by atoms with Gasteiger partial charge in [0, 0.05) is 17.0 Å². The van der Waals surface area contributed by atoms with Crippen LogP contribution in [0.25, 0.3) is 0 Å². The molecule has 3 unspecified atom stereocenters. The van der Waals surface area contributed by atoms with Crippen molar-refractivity contribution >= 4 is 23.3 Å². The Morgan fingerprint density at radius 1 is 1.47 bits per heavy atom. The van der Waals surface area contributed by atoms with Gasteiger partial charge in [-0.25, -0.2) is 4.39 Å². The minimum absolute atomic E-state index is 0.0969. The molecule has 1 rings (SSSR count). The number of allylic oxidation sites excluding steroid dienone is 2. The van der Waals surface area contributed by atoms with Gasteiger partial charge in [0.1, 0.15) is 12.1 Å². The van der Waals surface area contributed by atoms with E-state index < -0.39 is 24.2 Å². The quantitative estimate of drug-likeness (QED) is 0.340. The van der Waals surface area contributed by atoms with E-state index in [4.69, 9.17) is 5.41 Å². The van der Waals surface area contributed by atoms with Crippen molar-refractivity contribution in [3.63, 3.8) is 0 Å². The first-order chi connectivity index (χ1) is 6.88. The van der Waals surface area contributed by atoms with Crippen LogP contribution in [0.4, 0.5) is 17.6 Å². The monoisotopic (exact) mass is 239 g/mol. The number of hydrogen-bond donors (Lipinski definition) is 1. The number of nitrogens with one attached hydrogen (secondary N) is 1. The molecule has 6 heteroatoms. The Morgan fingerprint density at radius 3 is 2.53 bits per heavy atom. The summed E-state index contributed by atoms with van der Waals surface area (Å²) in [5, 5.41) is 8.18. The van der Waals surface area contributed by atoms with Crippen molar-refractivity contribution in [2.75, 3.05) is 0 Å². The third-order valence-electron chi connectivity index (χ3n) is 2.37. The van der Waals surface area contributed by atoms with E-state index in [0.29, 0.717) is 0 Å². The minimum atomic E-state index is -4.60. The summed E-state index contributed by atoms with van der Waals surface area (Å²) in [6.45, 7) is 0. The lowest BCUT2D eigenvalue weighted by Gasteiger charge is -2.29. The van der Waals surface area contributed by atoms with Gasteiger partial charge in [0.15, 0.2) is 0 Å². The molecule has 3 atom stereocenters. The Balaban J connectivity index is 2.89. The zero-order chi connectivity index (χ0) is 11.6. The SMILES string of the molecule is N=C(C=S)C1CC=CC(C(F)(F)F)C1F. The molecule has 84 valence electrons. The molecule has 0 saturated heterocycles. The molecule has 0 aromatic carbocycles. The smallest absolute Gasteiger partial charge is 0.304 e. The molecule has 1 N–H and O–H groups in total. The fourth-order valence-corrected chi connectivity index (χ4v) is 1.71. The molecule has 0 aliphatic heterocycles. The maximum atomic E-state index is 13.5. The minimum Gasteiger partial charge on any atom is -0.304 e. The summed E-state index contributed by atoms with van der Waals surface area (Å²) in [6, 6.07) is 0. The molecule has 1 aliphatic carbocycles. The van der Waals surface area contributed by atoms with Crippen LogP contribution in [0.15, 0.2) is 12.2 Å². The zero-order valence-corrected chi connectivity index (χ0v) is 8.41. The molecule has 1 aliphatic rings. The Morgan fingerprint density at radius 2 is 2.07 bits per heavy atom. The fourth-order valence-electron chi connectivity index (χ4n) is 1.53. The Bertz CT molecular complexity index is 297. The van der Waals surface area contributed by atoms with Crippen LogP contribution in [0.2, 0.25) is 0 Å². The highest BCUT2D eigenvalue weighted by atomic mass is 32.1. The molecule has 15 heavy (non-hydrogen) atoms. The number of rotatable bonds is 2. The van der Waals surface area contributed by atoms with Crippen LogP contribution < -0.4 is 0 Å². The number of thiocarbonyl (C=S) groups is 1. The molecule has 0 amide bonds. The van der Waals surface area contributed by atoms with Crippen molar-refractivity contribution < 1.29 is 17.6 Å². The maximum absolute atomic E-state index is 13.5. The Hall–Kier alpha value is -0.780. The van der Waals surface area contributed by atoms with Gasteiger partial charge in [-0.15, -0.1) is 0 Å². The molecule has 1 nitrogen and oxygen atoms in total. The summed E-state index contributed by atoms with van der Waals surface area (Å²) in [6.07, 6.45) is -4.54. The van der Waals surface area contributed by atoms with Crippen LogP contribution in [0, 0.1) is 17.2 Å². The largest absolute Gasteiger partial charge is 0.397 e. The van der Waals surface area contributed by atoms with E-state index in [0.717, 1.165) is 11.4 Å². The van der Waals surface area contributed by atoms with E-state index in [1.165, 1.54) is 6.08 Å². The molecule has 0 saturated carbocycles. The van der Waals surface area contributed by atoms with Gasteiger partial charge in [-0.3, -0.25) is 0 Å². The third kappa shape index (κ3) is 2.62. The molecular weight excluding hydrogens is 230 g/mol. The van der Waals surface area contributed by atoms with E-state index in [9.17, 15) is 17.6 Å². The summed E-state index contributed by atoms with van der Waals surface area (Å²) in [5.41, 5.74) is -0.254. The lowest BCUT2D eigenvalue weighted by molar-refractivity contribution is -0.180. The summed E-state index contributed by atoms with van der Waals surface area (Å²) in [4.78, 5) is 0. The molecule has 0 aromatic heterocycles. The van der Waals surface area contributed by atoms with Crippen molar-refractivity contribution in [2.24, 2.45) is 11.8 Å². The van der Waals surface area contributed by atoms with Crippen molar-refractivity contribution in [2.45, 2.75) is 18.8 Å². The van der Waals surface area contributed by atoms with E-state index in [2.05, 4.69) is 12.2 Å². The normalized spacial score (nSPS) is 31.3. The highest BCUT2D eigenvalue weighted by molar-refractivity contribution is 7.80. The van der Waals surface area contributed by atoms with Gasteiger partial charge in [0.25, 0.3) is 0 Å². The Kier molecular flexibility index (Phi) is 3.59. The van der Waals surface area contributed by atoms with Crippen molar-refractivity contribution in [3.8, 4) is 0 Å². The van der Waals surface area contributed by atoms with E-state index in [-0.39, 0.29) is 12.1 Å². The second-order valence-electron chi connectivity index (χ2n) is 3.36. The zero-order valence-electron chi connectivity index (χ0n) is 7.59.